The normalized spacial score (nSPS) is 12.0. The number of allylic oxidation sites excluding steroid dienone is 1. The first kappa shape index (κ1) is 28.6. The standard InChI is InChI=1S/C34H31NO4S/c1-24-9-8-14-29(19-24)33(37)35-31(20-25-15-17-28(18-16-25)27-12-6-3-7-13-27)32(36)21-30(34(38)39)23-40-22-26-10-4-2-5-11-26/h2-20,30H,21-23H2,1H3,(H,35,37)(H,38,39)/b31-20+/t30-/m0/s1. The average molecular weight is 550 g/mol. The van der Waals surface area contributed by atoms with Crippen LogP contribution in [0.1, 0.15) is 33.5 Å². The lowest BCUT2D eigenvalue weighted by Gasteiger charge is -2.15. The molecule has 4 aromatic carbocycles. The number of carboxylic acids is 1. The first-order chi connectivity index (χ1) is 19.4. The lowest BCUT2D eigenvalue weighted by atomic mass is 10.00. The van der Waals surface area contributed by atoms with E-state index in [9.17, 15) is 19.5 Å². The fourth-order valence-electron chi connectivity index (χ4n) is 4.18. The molecule has 0 saturated heterocycles. The van der Waals surface area contributed by atoms with Crippen LogP contribution in [0.3, 0.4) is 0 Å². The van der Waals surface area contributed by atoms with Crippen molar-refractivity contribution in [2.75, 3.05) is 5.75 Å². The minimum atomic E-state index is -1.04. The van der Waals surface area contributed by atoms with Gasteiger partial charge in [-0.15, -0.1) is 0 Å². The zero-order chi connectivity index (χ0) is 28.3. The fourth-order valence-corrected chi connectivity index (χ4v) is 5.27. The van der Waals surface area contributed by atoms with Crippen LogP contribution in [0, 0.1) is 12.8 Å². The first-order valence-corrected chi connectivity index (χ1v) is 14.2. The average Bonchev–Trinajstić information content (AvgIpc) is 2.97. The molecule has 0 aromatic heterocycles. The number of aliphatic carboxylic acids is 1. The number of amides is 1. The number of aryl methyl sites for hydroxylation is 1. The number of thioether (sulfide) groups is 1. The van der Waals surface area contributed by atoms with Gasteiger partial charge in [-0.3, -0.25) is 14.4 Å². The molecule has 2 N–H and O–H groups in total. The Kier molecular flexibility index (Phi) is 10.1. The third kappa shape index (κ3) is 8.29. The van der Waals surface area contributed by atoms with Crippen LogP contribution in [0.4, 0.5) is 0 Å². The number of carbonyl (C=O) groups is 3. The van der Waals surface area contributed by atoms with Crippen molar-refractivity contribution in [3.63, 3.8) is 0 Å². The van der Waals surface area contributed by atoms with Gasteiger partial charge in [-0.2, -0.15) is 11.8 Å². The van der Waals surface area contributed by atoms with E-state index in [1.54, 1.807) is 24.3 Å². The molecule has 4 aromatic rings. The van der Waals surface area contributed by atoms with E-state index in [4.69, 9.17) is 0 Å². The third-order valence-electron chi connectivity index (χ3n) is 6.37. The molecular formula is C34H31NO4S. The highest BCUT2D eigenvalue weighted by Crippen LogP contribution is 2.22. The molecule has 0 unspecified atom stereocenters. The largest absolute Gasteiger partial charge is 0.481 e. The first-order valence-electron chi connectivity index (χ1n) is 13.0. The van der Waals surface area contributed by atoms with E-state index < -0.39 is 23.6 Å². The van der Waals surface area contributed by atoms with Crippen molar-refractivity contribution in [3.8, 4) is 11.1 Å². The zero-order valence-electron chi connectivity index (χ0n) is 22.2. The molecular weight excluding hydrogens is 518 g/mol. The van der Waals surface area contributed by atoms with Gasteiger partial charge in [0, 0.05) is 23.5 Å². The topological polar surface area (TPSA) is 83.5 Å². The Labute approximate surface area is 239 Å². The third-order valence-corrected chi connectivity index (χ3v) is 7.54. The number of ketones is 1. The summed E-state index contributed by atoms with van der Waals surface area (Å²) in [6.07, 6.45) is 1.39. The van der Waals surface area contributed by atoms with Gasteiger partial charge in [0.05, 0.1) is 11.6 Å². The maximum atomic E-state index is 13.5. The van der Waals surface area contributed by atoms with Crippen molar-refractivity contribution >= 4 is 35.5 Å². The minimum Gasteiger partial charge on any atom is -0.481 e. The number of nitrogens with one attached hydrogen (secondary N) is 1. The molecule has 1 atom stereocenters. The Bertz CT molecular complexity index is 1480. The van der Waals surface area contributed by atoms with Crippen molar-refractivity contribution in [3.05, 3.63) is 137 Å². The van der Waals surface area contributed by atoms with Gasteiger partial charge in [0.2, 0.25) is 0 Å². The molecule has 0 spiro atoms. The van der Waals surface area contributed by atoms with Crippen LogP contribution in [0.25, 0.3) is 17.2 Å². The maximum absolute atomic E-state index is 13.5. The molecule has 0 heterocycles. The maximum Gasteiger partial charge on any atom is 0.307 e. The van der Waals surface area contributed by atoms with E-state index in [1.807, 2.05) is 97.9 Å². The molecule has 0 radical (unpaired) electrons. The Hall–Kier alpha value is -4.42. The lowest BCUT2D eigenvalue weighted by molar-refractivity contribution is -0.142. The molecule has 0 fully saturated rings. The zero-order valence-corrected chi connectivity index (χ0v) is 23.1. The minimum absolute atomic E-state index is 0.0678. The quantitative estimate of drug-likeness (QED) is 0.186. The van der Waals surface area contributed by atoms with Crippen LogP contribution >= 0.6 is 11.8 Å². The predicted molar refractivity (Wildman–Crippen MR) is 162 cm³/mol. The van der Waals surface area contributed by atoms with Gasteiger partial charge >= 0.3 is 5.97 Å². The second kappa shape index (κ2) is 14.1. The highest BCUT2D eigenvalue weighted by Gasteiger charge is 2.24. The van der Waals surface area contributed by atoms with Crippen LogP contribution < -0.4 is 5.32 Å². The molecule has 0 aliphatic rings. The van der Waals surface area contributed by atoms with E-state index in [0.29, 0.717) is 11.3 Å². The summed E-state index contributed by atoms with van der Waals surface area (Å²) in [5.41, 5.74) is 5.31. The molecule has 5 nitrogen and oxygen atoms in total. The van der Waals surface area contributed by atoms with Crippen LogP contribution in [-0.4, -0.2) is 28.5 Å². The Morgan fingerprint density at radius 2 is 1.48 bits per heavy atom. The molecule has 40 heavy (non-hydrogen) atoms. The van der Waals surface area contributed by atoms with Gasteiger partial charge in [-0.25, -0.2) is 0 Å². The van der Waals surface area contributed by atoms with Gasteiger partial charge in [0.15, 0.2) is 5.78 Å². The van der Waals surface area contributed by atoms with Crippen molar-refractivity contribution in [1.82, 2.24) is 5.32 Å². The van der Waals surface area contributed by atoms with E-state index in [-0.39, 0.29) is 17.9 Å². The van der Waals surface area contributed by atoms with E-state index >= 15 is 0 Å². The predicted octanol–water partition coefficient (Wildman–Crippen LogP) is 7.03. The van der Waals surface area contributed by atoms with Gasteiger partial charge in [0.25, 0.3) is 5.91 Å². The summed E-state index contributed by atoms with van der Waals surface area (Å²) in [5.74, 6) is -1.85. The summed E-state index contributed by atoms with van der Waals surface area (Å²) in [6, 6.07) is 34.4. The molecule has 1 amide bonds. The molecule has 0 bridgehead atoms. The number of carboxylic acid groups (broad SMARTS) is 1. The van der Waals surface area contributed by atoms with Crippen molar-refractivity contribution in [2.24, 2.45) is 5.92 Å². The van der Waals surface area contributed by atoms with Crippen molar-refractivity contribution in [1.29, 1.82) is 0 Å². The second-order valence-corrected chi connectivity index (χ2v) is 10.6. The van der Waals surface area contributed by atoms with Gasteiger partial charge in [-0.1, -0.05) is 103 Å². The molecule has 4 rings (SSSR count). The molecule has 0 aliphatic carbocycles. The number of rotatable bonds is 12. The number of hydrogen-bond donors (Lipinski definition) is 2. The van der Waals surface area contributed by atoms with E-state index in [1.165, 1.54) is 11.8 Å². The summed E-state index contributed by atoms with van der Waals surface area (Å²) in [6.45, 7) is 1.89. The van der Waals surface area contributed by atoms with Crippen LogP contribution in [-0.2, 0) is 15.3 Å². The number of carbonyl (C=O) groups excluding carboxylic acids is 2. The SMILES string of the molecule is Cc1cccc(C(=O)N/C(=C/c2ccc(-c3ccccc3)cc2)C(=O)C[C@@H](CSCc2ccccc2)C(=O)O)c1. The van der Waals surface area contributed by atoms with E-state index in [0.717, 1.165) is 27.8 Å². The Balaban J connectivity index is 1.54. The van der Waals surface area contributed by atoms with Gasteiger partial charge < -0.3 is 10.4 Å². The summed E-state index contributed by atoms with van der Waals surface area (Å²) in [7, 11) is 0. The summed E-state index contributed by atoms with van der Waals surface area (Å²) < 4.78 is 0. The second-order valence-electron chi connectivity index (χ2n) is 9.53. The monoisotopic (exact) mass is 549 g/mol. The Morgan fingerprint density at radius 3 is 2.12 bits per heavy atom. The lowest BCUT2D eigenvalue weighted by Crippen LogP contribution is -2.30. The highest BCUT2D eigenvalue weighted by atomic mass is 32.2. The molecule has 0 aliphatic heterocycles. The van der Waals surface area contributed by atoms with Gasteiger partial charge in [0.1, 0.15) is 0 Å². The van der Waals surface area contributed by atoms with Gasteiger partial charge in [-0.05, 0) is 47.4 Å². The number of benzene rings is 4. The van der Waals surface area contributed by atoms with Crippen molar-refractivity contribution < 1.29 is 19.5 Å². The van der Waals surface area contributed by atoms with E-state index in [2.05, 4.69) is 5.32 Å². The highest BCUT2D eigenvalue weighted by molar-refractivity contribution is 7.98. The van der Waals surface area contributed by atoms with Crippen LogP contribution in [0.15, 0.2) is 115 Å². The van der Waals surface area contributed by atoms with Crippen molar-refractivity contribution in [2.45, 2.75) is 19.1 Å². The summed E-state index contributed by atoms with van der Waals surface area (Å²) in [5, 5.41) is 12.6. The smallest absolute Gasteiger partial charge is 0.307 e. The van der Waals surface area contributed by atoms with Crippen LogP contribution in [0.2, 0.25) is 0 Å². The number of Topliss-reactive ketones (excluding diaryl/α,β-unsaturated/α-hetero) is 1. The summed E-state index contributed by atoms with van der Waals surface area (Å²) in [4.78, 5) is 38.6. The molecule has 202 valence electrons. The molecule has 0 saturated carbocycles. The molecule has 6 heteroatoms. The van der Waals surface area contributed by atoms with Crippen LogP contribution in [0.5, 0.6) is 0 Å². The Morgan fingerprint density at radius 1 is 0.825 bits per heavy atom. The fraction of sp³-hybridized carbons (Fsp3) is 0.147. The summed E-state index contributed by atoms with van der Waals surface area (Å²) >= 11 is 1.47. The number of hydrogen-bond acceptors (Lipinski definition) is 4.